The minimum Gasteiger partial charge on any atom is -0.486 e. The molecule has 1 unspecified atom stereocenters. The molecule has 0 aliphatic carbocycles. The molecule has 0 saturated carbocycles. The molecule has 2 rings (SSSR count). The Bertz CT molecular complexity index is 540. The first-order valence-electron chi connectivity index (χ1n) is 6.34. The molecular formula is C16H18FNO. The Morgan fingerprint density at radius 1 is 1.05 bits per heavy atom. The van der Waals surface area contributed by atoms with Crippen molar-refractivity contribution in [3.05, 3.63) is 65.5 Å². The fraction of sp³-hybridized carbons (Fsp3) is 0.250. The lowest BCUT2D eigenvalue weighted by atomic mass is 10.1. The Morgan fingerprint density at radius 3 is 2.37 bits per heavy atom. The molecule has 2 aromatic carbocycles. The molecule has 3 heteroatoms. The van der Waals surface area contributed by atoms with Gasteiger partial charge >= 0.3 is 0 Å². The molecule has 0 aliphatic rings. The Balaban J connectivity index is 2.24. The van der Waals surface area contributed by atoms with Crippen LogP contribution in [0.25, 0.3) is 0 Å². The molecule has 0 spiro atoms. The van der Waals surface area contributed by atoms with Crippen molar-refractivity contribution < 1.29 is 9.13 Å². The van der Waals surface area contributed by atoms with Crippen molar-refractivity contribution in [1.82, 2.24) is 0 Å². The van der Waals surface area contributed by atoms with Crippen LogP contribution in [0, 0.1) is 5.82 Å². The van der Waals surface area contributed by atoms with Crippen LogP contribution < -0.4 is 10.5 Å². The van der Waals surface area contributed by atoms with Crippen molar-refractivity contribution in [2.24, 2.45) is 5.73 Å². The third kappa shape index (κ3) is 3.32. The first kappa shape index (κ1) is 13.6. The van der Waals surface area contributed by atoms with Crippen LogP contribution in [0.5, 0.6) is 5.75 Å². The highest BCUT2D eigenvalue weighted by molar-refractivity contribution is 5.36. The van der Waals surface area contributed by atoms with E-state index in [1.54, 1.807) is 6.07 Å². The van der Waals surface area contributed by atoms with E-state index in [-0.39, 0.29) is 18.0 Å². The number of ether oxygens (including phenoxy) is 1. The molecule has 0 fully saturated rings. The Morgan fingerprint density at radius 2 is 1.74 bits per heavy atom. The number of benzene rings is 2. The van der Waals surface area contributed by atoms with E-state index in [9.17, 15) is 4.39 Å². The number of nitrogens with two attached hydrogens (primary N) is 1. The third-order valence-electron chi connectivity index (χ3n) is 3.04. The highest BCUT2D eigenvalue weighted by Gasteiger charge is 2.13. The first-order chi connectivity index (χ1) is 9.08. The van der Waals surface area contributed by atoms with E-state index >= 15 is 0 Å². The molecule has 0 bridgehead atoms. The van der Waals surface area contributed by atoms with E-state index in [1.807, 2.05) is 44.2 Å². The molecule has 0 saturated heterocycles. The maximum Gasteiger partial charge on any atom is 0.125 e. The molecule has 2 atom stereocenters. The fourth-order valence-electron chi connectivity index (χ4n) is 1.97. The van der Waals surface area contributed by atoms with Gasteiger partial charge in [0.05, 0.1) is 0 Å². The normalized spacial score (nSPS) is 13.9. The zero-order chi connectivity index (χ0) is 13.8. The monoisotopic (exact) mass is 259 g/mol. The molecule has 2 N–H and O–H groups in total. The van der Waals surface area contributed by atoms with Crippen molar-refractivity contribution in [3.63, 3.8) is 0 Å². The SMILES string of the molecule is CC(Oc1ccc(F)cc1[C@H](C)N)c1ccccc1. The molecule has 0 radical (unpaired) electrons. The van der Waals surface area contributed by atoms with Gasteiger partial charge in [0, 0.05) is 11.6 Å². The zero-order valence-electron chi connectivity index (χ0n) is 11.1. The summed E-state index contributed by atoms with van der Waals surface area (Å²) in [5.74, 6) is 0.333. The minimum absolute atomic E-state index is 0.107. The van der Waals surface area contributed by atoms with Crippen LogP contribution in [-0.2, 0) is 0 Å². The number of rotatable bonds is 4. The van der Waals surface area contributed by atoms with Crippen LogP contribution in [0.4, 0.5) is 4.39 Å². The van der Waals surface area contributed by atoms with E-state index in [0.717, 1.165) is 5.56 Å². The Labute approximate surface area is 113 Å². The summed E-state index contributed by atoms with van der Waals surface area (Å²) in [5.41, 5.74) is 7.61. The fourth-order valence-corrected chi connectivity index (χ4v) is 1.97. The van der Waals surface area contributed by atoms with Gasteiger partial charge in [-0.2, -0.15) is 0 Å². The largest absolute Gasteiger partial charge is 0.486 e. The molecule has 19 heavy (non-hydrogen) atoms. The second-order valence-corrected chi connectivity index (χ2v) is 4.64. The first-order valence-corrected chi connectivity index (χ1v) is 6.34. The molecule has 0 amide bonds. The van der Waals surface area contributed by atoms with Crippen molar-refractivity contribution >= 4 is 0 Å². The van der Waals surface area contributed by atoms with Crippen molar-refractivity contribution in [1.29, 1.82) is 0 Å². The van der Waals surface area contributed by atoms with E-state index in [4.69, 9.17) is 10.5 Å². The van der Waals surface area contributed by atoms with Gasteiger partial charge in [-0.25, -0.2) is 4.39 Å². The Kier molecular flexibility index (Phi) is 4.17. The number of hydrogen-bond acceptors (Lipinski definition) is 2. The van der Waals surface area contributed by atoms with E-state index in [0.29, 0.717) is 11.3 Å². The van der Waals surface area contributed by atoms with Crippen molar-refractivity contribution in [2.45, 2.75) is 26.0 Å². The third-order valence-corrected chi connectivity index (χ3v) is 3.04. The molecule has 0 aromatic heterocycles. The summed E-state index contributed by atoms with van der Waals surface area (Å²) in [5, 5.41) is 0. The van der Waals surface area contributed by atoms with Gasteiger partial charge in [0.1, 0.15) is 17.7 Å². The average molecular weight is 259 g/mol. The highest BCUT2D eigenvalue weighted by Crippen LogP contribution is 2.29. The van der Waals surface area contributed by atoms with Gasteiger partial charge in [-0.1, -0.05) is 30.3 Å². The second-order valence-electron chi connectivity index (χ2n) is 4.64. The lowest BCUT2D eigenvalue weighted by molar-refractivity contribution is 0.223. The van der Waals surface area contributed by atoms with Gasteiger partial charge in [0.2, 0.25) is 0 Å². The number of halogens is 1. The topological polar surface area (TPSA) is 35.2 Å². The van der Waals surface area contributed by atoms with Gasteiger partial charge in [-0.15, -0.1) is 0 Å². The van der Waals surface area contributed by atoms with Gasteiger partial charge in [-0.3, -0.25) is 0 Å². The molecule has 0 aliphatic heterocycles. The maximum atomic E-state index is 13.3. The summed E-state index contributed by atoms with van der Waals surface area (Å²) < 4.78 is 19.2. The summed E-state index contributed by atoms with van der Waals surface area (Å²) >= 11 is 0. The molecule has 2 aromatic rings. The smallest absolute Gasteiger partial charge is 0.125 e. The van der Waals surface area contributed by atoms with Crippen LogP contribution in [0.1, 0.15) is 37.1 Å². The van der Waals surface area contributed by atoms with Crippen molar-refractivity contribution in [2.75, 3.05) is 0 Å². The van der Waals surface area contributed by atoms with E-state index in [1.165, 1.54) is 12.1 Å². The predicted octanol–water partition coefficient (Wildman–Crippen LogP) is 3.99. The zero-order valence-corrected chi connectivity index (χ0v) is 11.1. The summed E-state index contributed by atoms with van der Waals surface area (Å²) in [4.78, 5) is 0. The van der Waals surface area contributed by atoms with Crippen LogP contribution in [-0.4, -0.2) is 0 Å². The average Bonchev–Trinajstić information content (AvgIpc) is 2.41. The second kappa shape index (κ2) is 5.85. The van der Waals surface area contributed by atoms with Crippen LogP contribution in [0.15, 0.2) is 48.5 Å². The highest BCUT2D eigenvalue weighted by atomic mass is 19.1. The van der Waals surface area contributed by atoms with Crippen LogP contribution in [0.3, 0.4) is 0 Å². The summed E-state index contributed by atoms with van der Waals surface area (Å²) in [6, 6.07) is 14.1. The molecule has 2 nitrogen and oxygen atoms in total. The molecule has 0 heterocycles. The summed E-state index contributed by atoms with van der Waals surface area (Å²) in [6.45, 7) is 3.78. The lowest BCUT2D eigenvalue weighted by Gasteiger charge is -2.19. The van der Waals surface area contributed by atoms with Crippen molar-refractivity contribution in [3.8, 4) is 5.75 Å². The van der Waals surface area contributed by atoms with Gasteiger partial charge in [0.15, 0.2) is 0 Å². The van der Waals surface area contributed by atoms with E-state index < -0.39 is 0 Å². The molecular weight excluding hydrogens is 241 g/mol. The summed E-state index contributed by atoms with van der Waals surface area (Å²) in [7, 11) is 0. The quantitative estimate of drug-likeness (QED) is 0.901. The minimum atomic E-state index is -0.299. The standard InChI is InChI=1S/C16H18FNO/c1-11(18)15-10-14(17)8-9-16(15)19-12(2)13-6-4-3-5-7-13/h3-12H,18H2,1-2H3/t11-,12?/m0/s1. The summed E-state index contributed by atoms with van der Waals surface area (Å²) in [6.07, 6.45) is -0.107. The lowest BCUT2D eigenvalue weighted by Crippen LogP contribution is -2.10. The predicted molar refractivity (Wildman–Crippen MR) is 74.5 cm³/mol. The maximum absolute atomic E-state index is 13.3. The van der Waals surface area contributed by atoms with Gasteiger partial charge in [0.25, 0.3) is 0 Å². The van der Waals surface area contributed by atoms with Gasteiger partial charge < -0.3 is 10.5 Å². The van der Waals surface area contributed by atoms with Crippen LogP contribution in [0.2, 0.25) is 0 Å². The van der Waals surface area contributed by atoms with E-state index in [2.05, 4.69) is 0 Å². The number of hydrogen-bond donors (Lipinski definition) is 1. The molecule has 100 valence electrons. The van der Waals surface area contributed by atoms with Crippen LogP contribution >= 0.6 is 0 Å². The van der Waals surface area contributed by atoms with Gasteiger partial charge in [-0.05, 0) is 37.6 Å². The Hall–Kier alpha value is -1.87.